The Kier molecular flexibility index (Phi) is 6.04. The Morgan fingerprint density at radius 2 is 2.25 bits per heavy atom. The third kappa shape index (κ3) is 5.47. The minimum atomic E-state index is 0.720. The summed E-state index contributed by atoms with van der Waals surface area (Å²) in [6.07, 6.45) is 3.53. The SMILES string of the molecule is C=NOCCCCC. The summed E-state index contributed by atoms with van der Waals surface area (Å²) in [4.78, 5) is 4.65. The molecule has 0 aromatic heterocycles. The highest BCUT2D eigenvalue weighted by Gasteiger charge is 1.82. The Labute approximate surface area is 50.5 Å². The minimum absolute atomic E-state index is 0.720. The van der Waals surface area contributed by atoms with Crippen molar-refractivity contribution in [3.05, 3.63) is 0 Å². The fourth-order valence-electron chi connectivity index (χ4n) is 0.481. The van der Waals surface area contributed by atoms with Crippen molar-refractivity contribution in [2.45, 2.75) is 26.2 Å². The molecule has 0 atom stereocenters. The second kappa shape index (κ2) is 6.47. The molecule has 0 saturated carbocycles. The molecule has 0 bridgehead atoms. The van der Waals surface area contributed by atoms with Crippen molar-refractivity contribution in [2.75, 3.05) is 6.61 Å². The summed E-state index contributed by atoms with van der Waals surface area (Å²) in [5.41, 5.74) is 0. The summed E-state index contributed by atoms with van der Waals surface area (Å²) in [7, 11) is 0. The summed E-state index contributed by atoms with van der Waals surface area (Å²) in [6.45, 7) is 6.06. The van der Waals surface area contributed by atoms with Crippen LogP contribution < -0.4 is 0 Å². The molecule has 0 aliphatic carbocycles. The molecule has 0 unspecified atom stereocenters. The van der Waals surface area contributed by atoms with E-state index in [0.717, 1.165) is 13.0 Å². The Balaban J connectivity index is 2.62. The van der Waals surface area contributed by atoms with E-state index in [4.69, 9.17) is 0 Å². The number of hydrogen-bond acceptors (Lipinski definition) is 2. The molecule has 0 aliphatic rings. The average Bonchev–Trinajstić information content (AvgIpc) is 1.81. The van der Waals surface area contributed by atoms with Gasteiger partial charge in [-0.15, -0.1) is 5.16 Å². The van der Waals surface area contributed by atoms with Gasteiger partial charge in [-0.2, -0.15) is 0 Å². The van der Waals surface area contributed by atoms with Crippen LogP contribution in [0.5, 0.6) is 0 Å². The fourth-order valence-corrected chi connectivity index (χ4v) is 0.481. The largest absolute Gasteiger partial charge is 0.396 e. The molecule has 0 saturated heterocycles. The Morgan fingerprint density at radius 1 is 1.50 bits per heavy atom. The number of unbranched alkanes of at least 4 members (excludes halogenated alkanes) is 2. The standard InChI is InChI=1S/C6H13NO/c1-3-4-5-6-8-7-2/h2-6H2,1H3. The van der Waals surface area contributed by atoms with Crippen LogP contribution >= 0.6 is 0 Å². The lowest BCUT2D eigenvalue weighted by atomic mass is 10.3. The van der Waals surface area contributed by atoms with Crippen LogP contribution in [-0.4, -0.2) is 13.3 Å². The van der Waals surface area contributed by atoms with Gasteiger partial charge < -0.3 is 4.84 Å². The first-order chi connectivity index (χ1) is 3.91. The van der Waals surface area contributed by atoms with Gasteiger partial charge in [-0.3, -0.25) is 0 Å². The summed E-state index contributed by atoms with van der Waals surface area (Å²) in [5, 5.41) is 3.26. The van der Waals surface area contributed by atoms with Crippen molar-refractivity contribution < 1.29 is 4.84 Å². The molecule has 0 rings (SSSR count). The van der Waals surface area contributed by atoms with Gasteiger partial charge in [0.05, 0.1) is 0 Å². The van der Waals surface area contributed by atoms with Crippen molar-refractivity contribution in [1.29, 1.82) is 0 Å². The summed E-state index contributed by atoms with van der Waals surface area (Å²) in [5.74, 6) is 0. The van der Waals surface area contributed by atoms with Crippen LogP contribution in [0, 0.1) is 0 Å². The van der Waals surface area contributed by atoms with Crippen LogP contribution in [0.15, 0.2) is 5.16 Å². The predicted molar refractivity (Wildman–Crippen MR) is 35.0 cm³/mol. The molecule has 0 N–H and O–H groups in total. The quantitative estimate of drug-likeness (QED) is 0.304. The average molecular weight is 115 g/mol. The maximum absolute atomic E-state index is 4.65. The molecular formula is C6H13NO. The first kappa shape index (κ1) is 7.47. The van der Waals surface area contributed by atoms with Crippen molar-refractivity contribution in [3.63, 3.8) is 0 Å². The van der Waals surface area contributed by atoms with E-state index in [2.05, 4.69) is 23.6 Å². The van der Waals surface area contributed by atoms with E-state index >= 15 is 0 Å². The van der Waals surface area contributed by atoms with E-state index < -0.39 is 0 Å². The first-order valence-electron chi connectivity index (χ1n) is 2.99. The summed E-state index contributed by atoms with van der Waals surface area (Å²) >= 11 is 0. The van der Waals surface area contributed by atoms with Crippen LogP contribution in [-0.2, 0) is 4.84 Å². The maximum Gasteiger partial charge on any atom is 0.117 e. The molecule has 2 heteroatoms. The number of rotatable bonds is 5. The molecule has 0 fully saturated rings. The molecule has 0 heterocycles. The van der Waals surface area contributed by atoms with Gasteiger partial charge in [0, 0.05) is 6.72 Å². The molecule has 0 aromatic carbocycles. The van der Waals surface area contributed by atoms with Gasteiger partial charge in [0.2, 0.25) is 0 Å². The second-order valence-corrected chi connectivity index (χ2v) is 1.67. The third-order valence-electron chi connectivity index (χ3n) is 0.930. The molecular weight excluding hydrogens is 102 g/mol. The number of nitrogens with zero attached hydrogens (tertiary/aromatic N) is 1. The van der Waals surface area contributed by atoms with E-state index in [9.17, 15) is 0 Å². The Hall–Kier alpha value is -0.530. The molecule has 2 nitrogen and oxygen atoms in total. The Morgan fingerprint density at radius 3 is 2.75 bits per heavy atom. The zero-order valence-electron chi connectivity index (χ0n) is 5.39. The lowest BCUT2D eigenvalue weighted by molar-refractivity contribution is 0.142. The van der Waals surface area contributed by atoms with Crippen molar-refractivity contribution in [1.82, 2.24) is 0 Å². The van der Waals surface area contributed by atoms with E-state index in [-0.39, 0.29) is 0 Å². The Bertz CT molecular complexity index is 54.5. The van der Waals surface area contributed by atoms with Gasteiger partial charge in [0.15, 0.2) is 0 Å². The van der Waals surface area contributed by atoms with Gasteiger partial charge in [-0.05, 0) is 6.42 Å². The number of oxime groups is 1. The lowest BCUT2D eigenvalue weighted by Gasteiger charge is -1.94. The van der Waals surface area contributed by atoms with E-state index in [1.807, 2.05) is 0 Å². The van der Waals surface area contributed by atoms with Gasteiger partial charge in [0.1, 0.15) is 6.61 Å². The highest BCUT2D eigenvalue weighted by Crippen LogP contribution is 1.93. The van der Waals surface area contributed by atoms with E-state index in [0.29, 0.717) is 0 Å². The van der Waals surface area contributed by atoms with Gasteiger partial charge in [-0.25, -0.2) is 0 Å². The predicted octanol–water partition coefficient (Wildman–Crippen LogP) is 1.81. The molecule has 0 spiro atoms. The zero-order chi connectivity index (χ0) is 6.24. The highest BCUT2D eigenvalue weighted by molar-refractivity contribution is 5.21. The summed E-state index contributed by atoms with van der Waals surface area (Å²) < 4.78 is 0. The molecule has 0 aliphatic heterocycles. The maximum atomic E-state index is 4.65. The van der Waals surface area contributed by atoms with Crippen LogP contribution in [0.25, 0.3) is 0 Å². The molecule has 48 valence electrons. The second-order valence-electron chi connectivity index (χ2n) is 1.67. The third-order valence-corrected chi connectivity index (χ3v) is 0.930. The van der Waals surface area contributed by atoms with Crippen molar-refractivity contribution >= 4 is 6.72 Å². The fraction of sp³-hybridized carbons (Fsp3) is 0.833. The van der Waals surface area contributed by atoms with Gasteiger partial charge in [0.25, 0.3) is 0 Å². The topological polar surface area (TPSA) is 21.6 Å². The molecule has 0 radical (unpaired) electrons. The summed E-state index contributed by atoms with van der Waals surface area (Å²) in [6, 6.07) is 0. The lowest BCUT2D eigenvalue weighted by Crippen LogP contribution is -1.85. The smallest absolute Gasteiger partial charge is 0.117 e. The number of hydrogen-bond donors (Lipinski definition) is 0. The first-order valence-corrected chi connectivity index (χ1v) is 2.99. The van der Waals surface area contributed by atoms with E-state index in [1.165, 1.54) is 12.8 Å². The van der Waals surface area contributed by atoms with Crippen molar-refractivity contribution in [3.8, 4) is 0 Å². The van der Waals surface area contributed by atoms with Crippen LogP contribution in [0.4, 0.5) is 0 Å². The minimum Gasteiger partial charge on any atom is -0.396 e. The van der Waals surface area contributed by atoms with Crippen LogP contribution in [0.1, 0.15) is 26.2 Å². The normalized spacial score (nSPS) is 8.62. The van der Waals surface area contributed by atoms with Crippen LogP contribution in [0.3, 0.4) is 0 Å². The molecule has 0 aromatic rings. The zero-order valence-corrected chi connectivity index (χ0v) is 5.39. The monoisotopic (exact) mass is 115 g/mol. The van der Waals surface area contributed by atoms with Crippen LogP contribution in [0.2, 0.25) is 0 Å². The molecule has 8 heavy (non-hydrogen) atoms. The van der Waals surface area contributed by atoms with Gasteiger partial charge >= 0.3 is 0 Å². The van der Waals surface area contributed by atoms with Crippen molar-refractivity contribution in [2.24, 2.45) is 5.16 Å². The van der Waals surface area contributed by atoms with Gasteiger partial charge in [-0.1, -0.05) is 19.8 Å². The molecule has 0 amide bonds. The van der Waals surface area contributed by atoms with E-state index in [1.54, 1.807) is 0 Å². The highest BCUT2D eigenvalue weighted by atomic mass is 16.6.